The second-order valence-corrected chi connectivity index (χ2v) is 2.87. The van der Waals surface area contributed by atoms with Crippen LogP contribution < -0.4 is 0 Å². The first-order chi connectivity index (χ1) is 7.28. The van der Waals surface area contributed by atoms with E-state index in [4.69, 9.17) is 4.42 Å². The Morgan fingerprint density at radius 1 is 0.800 bits per heavy atom. The molecular formula is C14H14O. The van der Waals surface area contributed by atoms with Crippen LogP contribution >= 0.6 is 0 Å². The predicted octanol–water partition coefficient (Wildman–Crippen LogP) is 4.41. The van der Waals surface area contributed by atoms with Gasteiger partial charge in [-0.25, -0.2) is 0 Å². The molecule has 0 spiro atoms. The smallest absolute Gasteiger partial charge is 0.134 e. The average Bonchev–Trinajstić information content (AvgIpc) is 2.62. The highest BCUT2D eigenvalue weighted by Crippen LogP contribution is 2.27. The minimum absolute atomic E-state index is 0.712. The first kappa shape index (κ1) is 11.1. The van der Waals surface area contributed by atoms with E-state index in [9.17, 15) is 0 Å². The Bertz CT molecular complexity index is 430. The molecule has 1 heteroatoms. The molecule has 1 aromatic heterocycles. The third-order valence-corrected chi connectivity index (χ3v) is 2.01. The zero-order valence-corrected chi connectivity index (χ0v) is 8.70. The summed E-state index contributed by atoms with van der Waals surface area (Å²) in [5, 5.41) is 0. The first-order valence-electron chi connectivity index (χ1n) is 4.61. The van der Waals surface area contributed by atoms with Gasteiger partial charge in [-0.1, -0.05) is 50.6 Å². The molecule has 0 unspecified atom stereocenters. The normalized spacial score (nSPS) is 10.1. The lowest BCUT2D eigenvalue weighted by molar-refractivity contribution is 0.546. The van der Waals surface area contributed by atoms with E-state index >= 15 is 0 Å². The zero-order chi connectivity index (χ0) is 11.3. The Morgan fingerprint density at radius 2 is 1.40 bits per heavy atom. The second-order valence-electron chi connectivity index (χ2n) is 2.87. The molecule has 0 saturated carbocycles. The Balaban J connectivity index is 3.42. The maximum atomic E-state index is 5.54. The van der Waals surface area contributed by atoms with Crippen LogP contribution in [0.2, 0.25) is 0 Å². The van der Waals surface area contributed by atoms with E-state index in [-0.39, 0.29) is 0 Å². The van der Waals surface area contributed by atoms with Crippen molar-refractivity contribution in [2.24, 2.45) is 0 Å². The van der Waals surface area contributed by atoms with E-state index in [1.54, 1.807) is 24.3 Å². The van der Waals surface area contributed by atoms with E-state index in [2.05, 4.69) is 26.3 Å². The van der Waals surface area contributed by atoms with Gasteiger partial charge in [-0.15, -0.1) is 0 Å². The minimum atomic E-state index is 0.712. The molecule has 0 aliphatic carbocycles. The fraction of sp³-hybridized carbons (Fsp3) is 0. The number of allylic oxidation sites excluding steroid dienone is 2. The van der Waals surface area contributed by atoms with Crippen LogP contribution in [0.15, 0.2) is 42.9 Å². The van der Waals surface area contributed by atoms with Crippen molar-refractivity contribution in [1.82, 2.24) is 0 Å². The fourth-order valence-electron chi connectivity index (χ4n) is 1.34. The molecule has 1 aromatic rings. The van der Waals surface area contributed by atoms with Gasteiger partial charge in [0.15, 0.2) is 0 Å². The molecular weight excluding hydrogens is 184 g/mol. The molecule has 1 heterocycles. The van der Waals surface area contributed by atoms with E-state index < -0.39 is 0 Å². The first-order valence-corrected chi connectivity index (χ1v) is 4.61. The zero-order valence-electron chi connectivity index (χ0n) is 8.70. The SMILES string of the molecule is C=C/C=C\c1c(C=C)oc(C=C)c1C=C. The highest BCUT2D eigenvalue weighted by atomic mass is 16.3. The molecule has 0 aromatic carbocycles. The summed E-state index contributed by atoms with van der Waals surface area (Å²) in [7, 11) is 0. The summed E-state index contributed by atoms with van der Waals surface area (Å²) in [5.41, 5.74) is 1.88. The highest BCUT2D eigenvalue weighted by molar-refractivity contribution is 5.76. The monoisotopic (exact) mass is 198 g/mol. The lowest BCUT2D eigenvalue weighted by Gasteiger charge is -1.91. The lowest BCUT2D eigenvalue weighted by atomic mass is 10.1. The van der Waals surface area contributed by atoms with E-state index in [0.717, 1.165) is 16.9 Å². The molecule has 1 rings (SSSR count). The predicted molar refractivity (Wildman–Crippen MR) is 68.2 cm³/mol. The number of hydrogen-bond acceptors (Lipinski definition) is 1. The van der Waals surface area contributed by atoms with Crippen LogP contribution in [0.4, 0.5) is 0 Å². The molecule has 0 radical (unpaired) electrons. The minimum Gasteiger partial charge on any atom is -0.456 e. The average molecular weight is 198 g/mol. The van der Waals surface area contributed by atoms with Crippen molar-refractivity contribution in [2.45, 2.75) is 0 Å². The van der Waals surface area contributed by atoms with Gasteiger partial charge < -0.3 is 4.42 Å². The summed E-state index contributed by atoms with van der Waals surface area (Å²) >= 11 is 0. The van der Waals surface area contributed by atoms with E-state index in [1.807, 2.05) is 12.2 Å². The van der Waals surface area contributed by atoms with Gasteiger partial charge in [0.05, 0.1) is 0 Å². The van der Waals surface area contributed by atoms with Gasteiger partial charge in [-0.2, -0.15) is 0 Å². The van der Waals surface area contributed by atoms with Crippen molar-refractivity contribution in [3.63, 3.8) is 0 Å². The van der Waals surface area contributed by atoms with Crippen LogP contribution in [0.5, 0.6) is 0 Å². The Labute approximate surface area is 90.4 Å². The largest absolute Gasteiger partial charge is 0.456 e. The van der Waals surface area contributed by atoms with E-state index in [0.29, 0.717) is 5.76 Å². The Kier molecular flexibility index (Phi) is 3.69. The second kappa shape index (κ2) is 5.01. The third kappa shape index (κ3) is 2.08. The molecule has 0 bridgehead atoms. The van der Waals surface area contributed by atoms with Gasteiger partial charge >= 0.3 is 0 Å². The van der Waals surface area contributed by atoms with Crippen LogP contribution in [0.3, 0.4) is 0 Å². The third-order valence-electron chi connectivity index (χ3n) is 2.01. The van der Waals surface area contributed by atoms with Crippen LogP contribution in [-0.4, -0.2) is 0 Å². The maximum absolute atomic E-state index is 5.54. The molecule has 0 aliphatic heterocycles. The summed E-state index contributed by atoms with van der Waals surface area (Å²) in [6.07, 6.45) is 10.5. The molecule has 0 aliphatic rings. The van der Waals surface area contributed by atoms with Crippen molar-refractivity contribution in [1.29, 1.82) is 0 Å². The molecule has 0 saturated heterocycles. The van der Waals surface area contributed by atoms with Gasteiger partial charge in [0.2, 0.25) is 0 Å². The van der Waals surface area contributed by atoms with Crippen LogP contribution in [0.25, 0.3) is 24.3 Å². The van der Waals surface area contributed by atoms with Crippen LogP contribution in [0.1, 0.15) is 22.6 Å². The maximum Gasteiger partial charge on any atom is 0.134 e. The lowest BCUT2D eigenvalue weighted by Crippen LogP contribution is -1.76. The van der Waals surface area contributed by atoms with E-state index in [1.165, 1.54) is 0 Å². The summed E-state index contributed by atoms with van der Waals surface area (Å²) in [4.78, 5) is 0. The molecule has 1 nitrogen and oxygen atoms in total. The fourth-order valence-corrected chi connectivity index (χ4v) is 1.34. The quantitative estimate of drug-likeness (QED) is 0.639. The van der Waals surface area contributed by atoms with Crippen molar-refractivity contribution in [3.05, 3.63) is 61.1 Å². The molecule has 0 N–H and O–H groups in total. The van der Waals surface area contributed by atoms with Crippen molar-refractivity contribution < 1.29 is 4.42 Å². The van der Waals surface area contributed by atoms with Gasteiger partial charge in [-0.3, -0.25) is 0 Å². The van der Waals surface area contributed by atoms with Gasteiger partial charge in [0.1, 0.15) is 11.5 Å². The summed E-state index contributed by atoms with van der Waals surface area (Å²) in [5.74, 6) is 1.43. The van der Waals surface area contributed by atoms with Gasteiger partial charge in [-0.05, 0) is 12.2 Å². The Hall–Kier alpha value is -2.02. The highest BCUT2D eigenvalue weighted by Gasteiger charge is 2.11. The van der Waals surface area contributed by atoms with Gasteiger partial charge in [0, 0.05) is 11.1 Å². The topological polar surface area (TPSA) is 13.1 Å². The van der Waals surface area contributed by atoms with Crippen LogP contribution in [-0.2, 0) is 0 Å². The summed E-state index contributed by atoms with van der Waals surface area (Å²) in [6, 6.07) is 0. The standard InChI is InChI=1S/C14H14O/c1-5-9-10-12-11(6-2)13(7-3)15-14(12)8-4/h5-10H,1-4H2/b10-9-. The molecule has 76 valence electrons. The molecule has 0 atom stereocenters. The number of rotatable bonds is 5. The van der Waals surface area contributed by atoms with Gasteiger partial charge in [0.25, 0.3) is 0 Å². The van der Waals surface area contributed by atoms with Crippen molar-refractivity contribution in [3.8, 4) is 0 Å². The van der Waals surface area contributed by atoms with Crippen LogP contribution in [0, 0.1) is 0 Å². The van der Waals surface area contributed by atoms with Crippen molar-refractivity contribution in [2.75, 3.05) is 0 Å². The molecule has 15 heavy (non-hydrogen) atoms. The molecule has 0 fully saturated rings. The number of furan rings is 1. The summed E-state index contributed by atoms with van der Waals surface area (Å²) in [6.45, 7) is 14.8. The summed E-state index contributed by atoms with van der Waals surface area (Å²) < 4.78 is 5.54. The number of hydrogen-bond donors (Lipinski definition) is 0. The van der Waals surface area contributed by atoms with Crippen molar-refractivity contribution >= 4 is 24.3 Å². The molecule has 0 amide bonds. The Morgan fingerprint density at radius 3 is 1.87 bits per heavy atom.